The molecule has 8 heavy (non-hydrogen) atoms. The third-order valence-electron chi connectivity index (χ3n) is 1.86. The van der Waals surface area contributed by atoms with Gasteiger partial charge < -0.3 is 9.84 Å². The lowest BCUT2D eigenvalue weighted by Gasteiger charge is -1.98. The highest BCUT2D eigenvalue weighted by Gasteiger charge is 2.47. The van der Waals surface area contributed by atoms with E-state index in [2.05, 4.69) is 0 Å². The number of aliphatic hydroxyl groups excluding tert-OH is 1. The Kier molecular flexibility index (Phi) is 1.29. The normalized spacial score (nSPS) is 44.6. The van der Waals surface area contributed by atoms with E-state index in [0.29, 0.717) is 6.10 Å². The van der Waals surface area contributed by atoms with Crippen LogP contribution in [0, 0.1) is 0 Å². The van der Waals surface area contributed by atoms with Gasteiger partial charge in [-0.1, -0.05) is 0 Å². The minimum Gasteiger partial charge on any atom is -0.396 e. The van der Waals surface area contributed by atoms with Crippen LogP contribution >= 0.6 is 0 Å². The molecule has 1 rings (SSSR count). The molecule has 2 heteroatoms. The average molecular weight is 116 g/mol. The molecular formula is C6H12O2. The number of hydrogen-bond donors (Lipinski definition) is 1. The SMILES string of the molecule is CC1OC1(C)CCO. The molecule has 1 heterocycles. The van der Waals surface area contributed by atoms with E-state index >= 15 is 0 Å². The van der Waals surface area contributed by atoms with Gasteiger partial charge in [-0.05, 0) is 13.8 Å². The third kappa shape index (κ3) is 0.858. The number of ether oxygens (including phenoxy) is 1. The molecule has 2 nitrogen and oxygen atoms in total. The summed E-state index contributed by atoms with van der Waals surface area (Å²) in [5.41, 5.74) is 0.00868. The van der Waals surface area contributed by atoms with E-state index < -0.39 is 0 Å². The van der Waals surface area contributed by atoms with Crippen molar-refractivity contribution in [2.75, 3.05) is 6.61 Å². The third-order valence-corrected chi connectivity index (χ3v) is 1.86. The molecule has 0 spiro atoms. The molecule has 0 aromatic heterocycles. The Morgan fingerprint density at radius 1 is 1.75 bits per heavy atom. The highest BCUT2D eigenvalue weighted by molar-refractivity contribution is 4.95. The average Bonchev–Trinajstić information content (AvgIpc) is 2.16. The molecular weight excluding hydrogens is 104 g/mol. The van der Waals surface area contributed by atoms with Gasteiger partial charge in [0.2, 0.25) is 0 Å². The summed E-state index contributed by atoms with van der Waals surface area (Å²) in [6.07, 6.45) is 1.13. The van der Waals surface area contributed by atoms with Crippen LogP contribution in [-0.2, 0) is 4.74 Å². The van der Waals surface area contributed by atoms with Crippen LogP contribution in [-0.4, -0.2) is 23.4 Å². The molecule has 1 N–H and O–H groups in total. The number of hydrogen-bond acceptors (Lipinski definition) is 2. The lowest BCUT2D eigenvalue weighted by Crippen LogP contribution is -2.09. The summed E-state index contributed by atoms with van der Waals surface area (Å²) < 4.78 is 5.18. The van der Waals surface area contributed by atoms with Crippen LogP contribution in [0.2, 0.25) is 0 Å². The van der Waals surface area contributed by atoms with E-state index in [1.54, 1.807) is 0 Å². The molecule has 1 saturated heterocycles. The first kappa shape index (κ1) is 6.05. The summed E-state index contributed by atoms with van der Waals surface area (Å²) in [5, 5.41) is 8.48. The molecule has 0 amide bonds. The maximum absolute atomic E-state index is 8.48. The van der Waals surface area contributed by atoms with Crippen LogP contribution < -0.4 is 0 Å². The molecule has 0 aliphatic carbocycles. The largest absolute Gasteiger partial charge is 0.396 e. The van der Waals surface area contributed by atoms with Gasteiger partial charge in [-0.3, -0.25) is 0 Å². The van der Waals surface area contributed by atoms with Gasteiger partial charge in [0.15, 0.2) is 0 Å². The minimum atomic E-state index is 0.00868. The van der Waals surface area contributed by atoms with Crippen molar-refractivity contribution in [1.82, 2.24) is 0 Å². The molecule has 1 aliphatic heterocycles. The first-order valence-corrected chi connectivity index (χ1v) is 2.98. The molecule has 48 valence electrons. The van der Waals surface area contributed by atoms with E-state index in [4.69, 9.17) is 9.84 Å². The fraction of sp³-hybridized carbons (Fsp3) is 1.00. The van der Waals surface area contributed by atoms with Gasteiger partial charge >= 0.3 is 0 Å². The fourth-order valence-corrected chi connectivity index (χ4v) is 0.854. The highest BCUT2D eigenvalue weighted by Crippen LogP contribution is 2.38. The maximum atomic E-state index is 8.48. The second-order valence-corrected chi connectivity index (χ2v) is 2.55. The number of epoxide rings is 1. The van der Waals surface area contributed by atoms with E-state index in [0.717, 1.165) is 6.42 Å². The van der Waals surface area contributed by atoms with Gasteiger partial charge in [0.1, 0.15) is 0 Å². The Morgan fingerprint density at radius 3 is 2.38 bits per heavy atom. The van der Waals surface area contributed by atoms with Crippen LogP contribution in [0.5, 0.6) is 0 Å². The first-order chi connectivity index (χ1) is 3.69. The number of aliphatic hydroxyl groups is 1. The van der Waals surface area contributed by atoms with Gasteiger partial charge in [0.05, 0.1) is 11.7 Å². The van der Waals surface area contributed by atoms with Crippen LogP contribution in [0.1, 0.15) is 20.3 Å². The predicted octanol–water partition coefficient (Wildman–Crippen LogP) is 0.546. The summed E-state index contributed by atoms with van der Waals surface area (Å²) in [7, 11) is 0. The van der Waals surface area contributed by atoms with Crippen molar-refractivity contribution in [1.29, 1.82) is 0 Å². The van der Waals surface area contributed by atoms with Gasteiger partial charge in [-0.15, -0.1) is 0 Å². The van der Waals surface area contributed by atoms with Crippen molar-refractivity contribution in [3.63, 3.8) is 0 Å². The van der Waals surface area contributed by atoms with Crippen LogP contribution in [0.15, 0.2) is 0 Å². The summed E-state index contributed by atoms with van der Waals surface area (Å²) in [5.74, 6) is 0. The topological polar surface area (TPSA) is 32.8 Å². The molecule has 0 aromatic carbocycles. The Labute approximate surface area is 49.5 Å². The Hall–Kier alpha value is -0.0800. The summed E-state index contributed by atoms with van der Waals surface area (Å²) in [6.45, 7) is 4.28. The van der Waals surface area contributed by atoms with Crippen molar-refractivity contribution in [2.24, 2.45) is 0 Å². The van der Waals surface area contributed by atoms with Gasteiger partial charge in [0.25, 0.3) is 0 Å². The Morgan fingerprint density at radius 2 is 2.25 bits per heavy atom. The van der Waals surface area contributed by atoms with Crippen LogP contribution in [0.25, 0.3) is 0 Å². The standard InChI is InChI=1S/C6H12O2/c1-5-6(2,8-5)3-4-7/h5,7H,3-4H2,1-2H3. The van der Waals surface area contributed by atoms with Gasteiger partial charge in [0, 0.05) is 13.0 Å². The molecule has 0 aromatic rings. The first-order valence-electron chi connectivity index (χ1n) is 2.98. The van der Waals surface area contributed by atoms with E-state index in [-0.39, 0.29) is 12.2 Å². The van der Waals surface area contributed by atoms with Gasteiger partial charge in [-0.2, -0.15) is 0 Å². The minimum absolute atomic E-state index is 0.00868. The maximum Gasteiger partial charge on any atom is 0.0939 e. The zero-order valence-electron chi connectivity index (χ0n) is 5.35. The van der Waals surface area contributed by atoms with Crippen molar-refractivity contribution in [2.45, 2.75) is 32.0 Å². The van der Waals surface area contributed by atoms with E-state index in [9.17, 15) is 0 Å². The predicted molar refractivity (Wildman–Crippen MR) is 30.7 cm³/mol. The highest BCUT2D eigenvalue weighted by atomic mass is 16.6. The monoisotopic (exact) mass is 116 g/mol. The second kappa shape index (κ2) is 1.71. The Balaban J connectivity index is 2.25. The number of rotatable bonds is 2. The molecule has 1 aliphatic rings. The molecule has 2 unspecified atom stereocenters. The van der Waals surface area contributed by atoms with Crippen LogP contribution in [0.4, 0.5) is 0 Å². The van der Waals surface area contributed by atoms with Crippen molar-refractivity contribution >= 4 is 0 Å². The fourth-order valence-electron chi connectivity index (χ4n) is 0.854. The van der Waals surface area contributed by atoms with Crippen molar-refractivity contribution < 1.29 is 9.84 Å². The quantitative estimate of drug-likeness (QED) is 0.534. The van der Waals surface area contributed by atoms with Crippen molar-refractivity contribution in [3.8, 4) is 0 Å². The molecule has 0 saturated carbocycles. The van der Waals surface area contributed by atoms with Crippen molar-refractivity contribution in [3.05, 3.63) is 0 Å². The molecule has 1 fully saturated rings. The molecule has 2 atom stereocenters. The van der Waals surface area contributed by atoms with E-state index in [1.165, 1.54) is 0 Å². The lowest BCUT2D eigenvalue weighted by molar-refractivity contribution is 0.223. The zero-order valence-corrected chi connectivity index (χ0v) is 5.35. The molecule has 0 radical (unpaired) electrons. The second-order valence-electron chi connectivity index (χ2n) is 2.55. The van der Waals surface area contributed by atoms with Crippen LogP contribution in [0.3, 0.4) is 0 Å². The van der Waals surface area contributed by atoms with E-state index in [1.807, 2.05) is 13.8 Å². The smallest absolute Gasteiger partial charge is 0.0939 e. The lowest BCUT2D eigenvalue weighted by atomic mass is 10.1. The Bertz CT molecular complexity index is 92.5. The zero-order chi connectivity index (χ0) is 6.20. The molecule has 0 bridgehead atoms. The van der Waals surface area contributed by atoms with Gasteiger partial charge in [-0.25, -0.2) is 0 Å². The summed E-state index contributed by atoms with van der Waals surface area (Å²) >= 11 is 0. The summed E-state index contributed by atoms with van der Waals surface area (Å²) in [4.78, 5) is 0. The summed E-state index contributed by atoms with van der Waals surface area (Å²) in [6, 6.07) is 0.